The van der Waals surface area contributed by atoms with Crippen molar-refractivity contribution in [3.05, 3.63) is 29.3 Å². The molecule has 0 saturated heterocycles. The summed E-state index contributed by atoms with van der Waals surface area (Å²) in [4.78, 5) is 1.97. The van der Waals surface area contributed by atoms with Crippen molar-refractivity contribution in [1.82, 2.24) is 5.32 Å². The van der Waals surface area contributed by atoms with Crippen molar-refractivity contribution in [2.24, 2.45) is 0 Å². The topological polar surface area (TPSA) is 15.3 Å². The first-order chi connectivity index (χ1) is 9.82. The van der Waals surface area contributed by atoms with Gasteiger partial charge < -0.3 is 10.2 Å². The van der Waals surface area contributed by atoms with Crippen molar-refractivity contribution >= 4 is 5.69 Å². The normalized spacial score (nSPS) is 15.6. The lowest BCUT2D eigenvalue weighted by Gasteiger charge is -2.28. The molecule has 1 aliphatic carbocycles. The van der Waals surface area contributed by atoms with E-state index in [0.717, 1.165) is 12.8 Å². The lowest BCUT2D eigenvalue weighted by atomic mass is 10.0. The Hall–Kier alpha value is -1.23. The summed E-state index contributed by atoms with van der Waals surface area (Å²) < 4.78 is 39.9. The van der Waals surface area contributed by atoms with Crippen LogP contribution in [0.2, 0.25) is 0 Å². The van der Waals surface area contributed by atoms with Gasteiger partial charge in [0.15, 0.2) is 0 Å². The van der Waals surface area contributed by atoms with Crippen LogP contribution in [0.1, 0.15) is 44.7 Å². The molecule has 1 N–H and O–H groups in total. The second kappa shape index (κ2) is 6.26. The van der Waals surface area contributed by atoms with E-state index in [1.165, 1.54) is 6.07 Å². The van der Waals surface area contributed by atoms with E-state index < -0.39 is 11.7 Å². The summed E-state index contributed by atoms with van der Waals surface area (Å²) in [5.41, 5.74) is 0.445. The highest BCUT2D eigenvalue weighted by Gasteiger charge is 2.34. The van der Waals surface area contributed by atoms with Gasteiger partial charge in [0.05, 0.1) is 5.56 Å². The van der Waals surface area contributed by atoms with Crippen LogP contribution < -0.4 is 10.2 Å². The Kier molecular flexibility index (Phi) is 4.81. The van der Waals surface area contributed by atoms with Crippen LogP contribution in [0.4, 0.5) is 18.9 Å². The molecule has 118 valence electrons. The van der Waals surface area contributed by atoms with Crippen LogP contribution in [0.3, 0.4) is 0 Å². The SMILES string of the molecule is CCN(c1ccc(CNC2CC2)c(C(F)(F)F)c1)C(C)C. The fourth-order valence-corrected chi connectivity index (χ4v) is 2.55. The summed E-state index contributed by atoms with van der Waals surface area (Å²) in [6, 6.07) is 5.26. The van der Waals surface area contributed by atoms with E-state index in [-0.39, 0.29) is 12.6 Å². The number of rotatable bonds is 6. The molecule has 2 rings (SSSR count). The highest BCUT2D eigenvalue weighted by Crippen LogP contribution is 2.35. The Labute approximate surface area is 124 Å². The minimum absolute atomic E-state index is 0.173. The summed E-state index contributed by atoms with van der Waals surface area (Å²) in [6.45, 7) is 6.90. The van der Waals surface area contributed by atoms with Gasteiger partial charge in [-0.1, -0.05) is 6.07 Å². The number of alkyl halides is 3. The van der Waals surface area contributed by atoms with E-state index in [0.29, 0.717) is 23.8 Å². The Morgan fingerprint density at radius 1 is 1.29 bits per heavy atom. The Bertz CT molecular complexity index is 479. The van der Waals surface area contributed by atoms with E-state index >= 15 is 0 Å². The molecule has 0 spiro atoms. The van der Waals surface area contributed by atoms with E-state index in [9.17, 15) is 13.2 Å². The van der Waals surface area contributed by atoms with Gasteiger partial charge in [0.2, 0.25) is 0 Å². The highest BCUT2D eigenvalue weighted by molar-refractivity contribution is 5.52. The van der Waals surface area contributed by atoms with Crippen molar-refractivity contribution in [1.29, 1.82) is 0 Å². The van der Waals surface area contributed by atoms with Gasteiger partial charge in [-0.2, -0.15) is 13.2 Å². The molecule has 0 radical (unpaired) electrons. The molecular weight excluding hydrogens is 277 g/mol. The zero-order chi connectivity index (χ0) is 15.6. The minimum Gasteiger partial charge on any atom is -0.369 e. The van der Waals surface area contributed by atoms with Gasteiger partial charge in [0, 0.05) is 30.9 Å². The number of benzene rings is 1. The molecule has 0 amide bonds. The second-order valence-corrected chi connectivity index (χ2v) is 5.87. The first-order valence-corrected chi connectivity index (χ1v) is 7.53. The number of anilines is 1. The standard InChI is InChI=1S/C16H23F3N2/c1-4-21(11(2)3)14-8-5-12(10-20-13-6-7-13)15(9-14)16(17,18)19/h5,8-9,11,13,20H,4,6-7,10H2,1-3H3. The molecule has 1 saturated carbocycles. The van der Waals surface area contributed by atoms with Gasteiger partial charge in [-0.05, 0) is 51.3 Å². The molecule has 1 fully saturated rings. The average Bonchev–Trinajstić information content (AvgIpc) is 3.20. The van der Waals surface area contributed by atoms with E-state index in [1.54, 1.807) is 12.1 Å². The largest absolute Gasteiger partial charge is 0.416 e. The first kappa shape index (κ1) is 16.1. The fraction of sp³-hybridized carbons (Fsp3) is 0.625. The van der Waals surface area contributed by atoms with Crippen molar-refractivity contribution in [2.75, 3.05) is 11.4 Å². The molecule has 1 aromatic carbocycles. The predicted octanol–water partition coefficient (Wildman–Crippen LogP) is 4.19. The Balaban J connectivity index is 2.29. The van der Waals surface area contributed by atoms with Crippen molar-refractivity contribution < 1.29 is 13.2 Å². The quantitative estimate of drug-likeness (QED) is 0.847. The van der Waals surface area contributed by atoms with Gasteiger partial charge in [0.25, 0.3) is 0 Å². The molecule has 0 unspecified atom stereocenters. The van der Waals surface area contributed by atoms with E-state index in [2.05, 4.69) is 5.32 Å². The van der Waals surface area contributed by atoms with E-state index in [1.807, 2.05) is 25.7 Å². The molecule has 0 aliphatic heterocycles. The van der Waals surface area contributed by atoms with Crippen LogP contribution in [0, 0.1) is 0 Å². The molecule has 0 bridgehead atoms. The zero-order valence-corrected chi connectivity index (χ0v) is 12.8. The molecule has 0 atom stereocenters. The lowest BCUT2D eigenvalue weighted by molar-refractivity contribution is -0.138. The van der Waals surface area contributed by atoms with Crippen LogP contribution in [0.25, 0.3) is 0 Å². The summed E-state index contributed by atoms with van der Waals surface area (Å²) >= 11 is 0. The first-order valence-electron chi connectivity index (χ1n) is 7.53. The summed E-state index contributed by atoms with van der Waals surface area (Å²) in [5.74, 6) is 0. The molecule has 21 heavy (non-hydrogen) atoms. The van der Waals surface area contributed by atoms with Crippen LogP contribution in [0.15, 0.2) is 18.2 Å². The summed E-state index contributed by atoms with van der Waals surface area (Å²) in [5, 5.41) is 3.16. The molecule has 0 aromatic heterocycles. The smallest absolute Gasteiger partial charge is 0.369 e. The molecule has 2 nitrogen and oxygen atoms in total. The van der Waals surface area contributed by atoms with Crippen LogP contribution in [0.5, 0.6) is 0 Å². The predicted molar refractivity (Wildman–Crippen MR) is 79.5 cm³/mol. The molecular formula is C16H23F3N2. The maximum atomic E-state index is 13.3. The van der Waals surface area contributed by atoms with E-state index in [4.69, 9.17) is 0 Å². The Morgan fingerprint density at radius 3 is 2.43 bits per heavy atom. The molecule has 1 aromatic rings. The number of hydrogen-bond acceptors (Lipinski definition) is 2. The Morgan fingerprint density at radius 2 is 1.95 bits per heavy atom. The number of nitrogens with zero attached hydrogens (tertiary/aromatic N) is 1. The van der Waals surface area contributed by atoms with Crippen LogP contribution in [-0.2, 0) is 12.7 Å². The van der Waals surface area contributed by atoms with Gasteiger partial charge in [-0.3, -0.25) is 0 Å². The maximum Gasteiger partial charge on any atom is 0.416 e. The van der Waals surface area contributed by atoms with Crippen molar-refractivity contribution in [2.45, 2.75) is 58.4 Å². The second-order valence-electron chi connectivity index (χ2n) is 5.87. The third kappa shape index (κ3) is 4.13. The van der Waals surface area contributed by atoms with Crippen LogP contribution >= 0.6 is 0 Å². The zero-order valence-electron chi connectivity index (χ0n) is 12.8. The van der Waals surface area contributed by atoms with Crippen LogP contribution in [-0.4, -0.2) is 18.6 Å². The third-order valence-electron chi connectivity index (χ3n) is 3.85. The summed E-state index contributed by atoms with van der Waals surface area (Å²) in [6.07, 6.45) is -2.18. The fourth-order valence-electron chi connectivity index (χ4n) is 2.55. The highest BCUT2D eigenvalue weighted by atomic mass is 19.4. The van der Waals surface area contributed by atoms with Gasteiger partial charge in [-0.15, -0.1) is 0 Å². The molecule has 1 aliphatic rings. The summed E-state index contributed by atoms with van der Waals surface area (Å²) in [7, 11) is 0. The van der Waals surface area contributed by atoms with Crippen molar-refractivity contribution in [3.8, 4) is 0 Å². The van der Waals surface area contributed by atoms with Crippen molar-refractivity contribution in [3.63, 3.8) is 0 Å². The molecule has 0 heterocycles. The van der Waals surface area contributed by atoms with Gasteiger partial charge in [0.1, 0.15) is 0 Å². The number of halogens is 3. The monoisotopic (exact) mass is 300 g/mol. The minimum atomic E-state index is -4.31. The number of hydrogen-bond donors (Lipinski definition) is 1. The number of nitrogens with one attached hydrogen (secondary N) is 1. The van der Waals surface area contributed by atoms with Gasteiger partial charge >= 0.3 is 6.18 Å². The third-order valence-corrected chi connectivity index (χ3v) is 3.85. The average molecular weight is 300 g/mol. The van der Waals surface area contributed by atoms with Gasteiger partial charge in [-0.25, -0.2) is 0 Å². The molecule has 5 heteroatoms. The maximum absolute atomic E-state index is 13.3. The lowest BCUT2D eigenvalue weighted by Crippen LogP contribution is -2.30.